The Hall–Kier alpha value is -1.91. The zero-order valence-corrected chi connectivity index (χ0v) is 10.8. The molecule has 0 aliphatic heterocycles. The number of anilines is 1. The number of carbonyl (C=O) groups excluding carboxylic acids is 1. The first-order chi connectivity index (χ1) is 8.45. The van der Waals surface area contributed by atoms with Gasteiger partial charge in [-0.15, -0.1) is 11.3 Å². The third-order valence-electron chi connectivity index (χ3n) is 2.31. The summed E-state index contributed by atoms with van der Waals surface area (Å²) in [5.74, 6) is -1.39. The van der Waals surface area contributed by atoms with Crippen molar-refractivity contribution in [2.24, 2.45) is 0 Å². The fourth-order valence-corrected chi connectivity index (χ4v) is 2.33. The van der Waals surface area contributed by atoms with Crippen molar-refractivity contribution < 1.29 is 14.7 Å². The van der Waals surface area contributed by atoms with Gasteiger partial charge >= 0.3 is 5.97 Å². The highest BCUT2D eigenvalue weighted by Gasteiger charge is 2.14. The van der Waals surface area contributed by atoms with Gasteiger partial charge in [0.05, 0.1) is 18.7 Å². The Morgan fingerprint density at radius 2 is 2.06 bits per heavy atom. The summed E-state index contributed by atoms with van der Waals surface area (Å²) in [4.78, 5) is 22.7. The summed E-state index contributed by atoms with van der Waals surface area (Å²) < 4.78 is 0. The van der Waals surface area contributed by atoms with Gasteiger partial charge in [-0.25, -0.2) is 0 Å². The van der Waals surface area contributed by atoms with Crippen molar-refractivity contribution >= 4 is 28.2 Å². The van der Waals surface area contributed by atoms with Crippen LogP contribution in [0.2, 0.25) is 0 Å². The van der Waals surface area contributed by atoms with Crippen LogP contribution < -0.4 is 10.6 Å². The van der Waals surface area contributed by atoms with Gasteiger partial charge in [0.25, 0.3) is 0 Å². The van der Waals surface area contributed by atoms with E-state index in [9.17, 15) is 9.59 Å². The number of hydrogen-bond donors (Lipinski definition) is 3. The van der Waals surface area contributed by atoms with Crippen LogP contribution in [0.15, 0.2) is 0 Å². The highest BCUT2D eigenvalue weighted by atomic mass is 32.1. The Labute approximate surface area is 108 Å². The second kappa shape index (κ2) is 6.14. The fourth-order valence-electron chi connectivity index (χ4n) is 1.30. The molecule has 6 nitrogen and oxygen atoms in total. The fraction of sp³-hybridized carbons (Fsp3) is 0.364. The molecule has 0 aromatic carbocycles. The first kappa shape index (κ1) is 14.2. The second-order valence-electron chi connectivity index (χ2n) is 3.64. The number of aliphatic carboxylic acids is 1. The molecule has 0 aliphatic rings. The minimum Gasteiger partial charge on any atom is -0.480 e. The van der Waals surface area contributed by atoms with Crippen molar-refractivity contribution in [1.29, 1.82) is 5.26 Å². The quantitative estimate of drug-likeness (QED) is 0.734. The number of aryl methyl sites for hydroxylation is 1. The van der Waals surface area contributed by atoms with Gasteiger partial charge in [-0.3, -0.25) is 14.9 Å². The second-order valence-corrected chi connectivity index (χ2v) is 4.87. The maximum Gasteiger partial charge on any atom is 0.317 e. The van der Waals surface area contributed by atoms with E-state index in [1.54, 1.807) is 0 Å². The number of carbonyl (C=O) groups is 2. The van der Waals surface area contributed by atoms with Crippen molar-refractivity contribution in [1.82, 2.24) is 5.32 Å². The van der Waals surface area contributed by atoms with Crippen LogP contribution in [0.3, 0.4) is 0 Å². The molecule has 1 heterocycles. The molecule has 0 saturated carbocycles. The molecule has 0 aliphatic carbocycles. The molecule has 0 atom stereocenters. The Morgan fingerprint density at radius 1 is 1.39 bits per heavy atom. The van der Waals surface area contributed by atoms with Gasteiger partial charge in [-0.1, -0.05) is 0 Å². The number of carboxylic acid groups (broad SMARTS) is 1. The van der Waals surface area contributed by atoms with Crippen LogP contribution in [0.5, 0.6) is 0 Å². The molecule has 0 unspecified atom stereocenters. The SMILES string of the molecule is Cc1sc(NC(=O)CNCC(=O)O)c(C#N)c1C. The van der Waals surface area contributed by atoms with E-state index in [4.69, 9.17) is 10.4 Å². The number of amides is 1. The first-order valence-electron chi connectivity index (χ1n) is 5.18. The van der Waals surface area contributed by atoms with Crippen LogP contribution in [-0.4, -0.2) is 30.1 Å². The molecular formula is C11H13N3O3S. The third-order valence-corrected chi connectivity index (χ3v) is 3.43. The van der Waals surface area contributed by atoms with Gasteiger partial charge in [0.2, 0.25) is 5.91 Å². The van der Waals surface area contributed by atoms with E-state index in [-0.39, 0.29) is 19.0 Å². The zero-order valence-electron chi connectivity index (χ0n) is 10.0. The number of hydrogen-bond acceptors (Lipinski definition) is 5. The third kappa shape index (κ3) is 3.55. The number of nitrogens with one attached hydrogen (secondary N) is 2. The predicted molar refractivity (Wildman–Crippen MR) is 67.6 cm³/mol. The summed E-state index contributed by atoms with van der Waals surface area (Å²) in [6, 6.07) is 2.05. The molecule has 0 spiro atoms. The molecule has 1 amide bonds. The number of thiophene rings is 1. The normalized spacial score (nSPS) is 9.83. The van der Waals surface area contributed by atoms with E-state index in [1.807, 2.05) is 19.9 Å². The molecule has 0 radical (unpaired) electrons. The smallest absolute Gasteiger partial charge is 0.317 e. The van der Waals surface area contributed by atoms with Crippen LogP contribution in [0.25, 0.3) is 0 Å². The molecule has 7 heteroatoms. The lowest BCUT2D eigenvalue weighted by atomic mass is 10.2. The van der Waals surface area contributed by atoms with Gasteiger partial charge in [-0.05, 0) is 19.4 Å². The lowest BCUT2D eigenvalue weighted by molar-refractivity contribution is -0.135. The van der Waals surface area contributed by atoms with Crippen molar-refractivity contribution in [3.63, 3.8) is 0 Å². The van der Waals surface area contributed by atoms with Crippen molar-refractivity contribution in [2.45, 2.75) is 13.8 Å². The summed E-state index contributed by atoms with van der Waals surface area (Å²) in [6.45, 7) is 3.32. The maximum absolute atomic E-state index is 11.5. The first-order valence-corrected chi connectivity index (χ1v) is 5.99. The van der Waals surface area contributed by atoms with Gasteiger partial charge in [-0.2, -0.15) is 5.26 Å². The Bertz CT molecular complexity index is 516. The highest BCUT2D eigenvalue weighted by Crippen LogP contribution is 2.31. The molecule has 18 heavy (non-hydrogen) atoms. The topological polar surface area (TPSA) is 102 Å². The minimum absolute atomic E-state index is 0.104. The van der Waals surface area contributed by atoms with Crippen molar-refractivity contribution in [3.05, 3.63) is 16.0 Å². The summed E-state index contributed by atoms with van der Waals surface area (Å²) in [7, 11) is 0. The largest absolute Gasteiger partial charge is 0.480 e. The van der Waals surface area contributed by atoms with Crippen LogP contribution >= 0.6 is 11.3 Å². The monoisotopic (exact) mass is 267 g/mol. The van der Waals surface area contributed by atoms with E-state index in [2.05, 4.69) is 10.6 Å². The Balaban J connectivity index is 2.63. The summed E-state index contributed by atoms with van der Waals surface area (Å²) in [6.07, 6.45) is 0. The predicted octanol–water partition coefficient (Wildman–Crippen LogP) is 0.849. The van der Waals surface area contributed by atoms with E-state index in [0.29, 0.717) is 10.6 Å². The molecule has 3 N–H and O–H groups in total. The van der Waals surface area contributed by atoms with Crippen LogP contribution in [0, 0.1) is 25.2 Å². The Kier molecular flexibility index (Phi) is 4.83. The summed E-state index contributed by atoms with van der Waals surface area (Å²) in [5, 5.41) is 23.0. The zero-order chi connectivity index (χ0) is 13.7. The molecule has 1 aromatic heterocycles. The lowest BCUT2D eigenvalue weighted by Gasteiger charge is -2.03. The van der Waals surface area contributed by atoms with Crippen LogP contribution in [0.1, 0.15) is 16.0 Å². The average Bonchev–Trinajstić information content (AvgIpc) is 2.53. The van der Waals surface area contributed by atoms with Crippen molar-refractivity contribution in [2.75, 3.05) is 18.4 Å². The standard InChI is InChI=1S/C11H13N3O3S/c1-6-7(2)18-11(8(6)3-12)14-9(15)4-13-5-10(16)17/h13H,4-5H2,1-2H3,(H,14,15)(H,16,17). The minimum atomic E-state index is -1.02. The highest BCUT2D eigenvalue weighted by molar-refractivity contribution is 7.16. The summed E-state index contributed by atoms with van der Waals surface area (Å²) in [5.41, 5.74) is 1.32. The number of carboxylic acids is 1. The molecule has 1 rings (SSSR count). The van der Waals surface area contributed by atoms with Gasteiger partial charge in [0.15, 0.2) is 0 Å². The number of nitrogens with zero attached hydrogens (tertiary/aromatic N) is 1. The molecule has 0 saturated heterocycles. The molecule has 0 bridgehead atoms. The summed E-state index contributed by atoms with van der Waals surface area (Å²) >= 11 is 1.34. The average molecular weight is 267 g/mol. The van der Waals surface area contributed by atoms with Gasteiger partial charge in [0, 0.05) is 4.88 Å². The number of rotatable bonds is 5. The van der Waals surface area contributed by atoms with E-state index in [1.165, 1.54) is 11.3 Å². The molecule has 1 aromatic rings. The van der Waals surface area contributed by atoms with Crippen LogP contribution in [0.4, 0.5) is 5.00 Å². The van der Waals surface area contributed by atoms with E-state index in [0.717, 1.165) is 10.4 Å². The number of nitriles is 1. The molecule has 96 valence electrons. The maximum atomic E-state index is 11.5. The molecular weight excluding hydrogens is 254 g/mol. The lowest BCUT2D eigenvalue weighted by Crippen LogP contribution is -2.31. The van der Waals surface area contributed by atoms with Crippen LogP contribution in [-0.2, 0) is 9.59 Å². The van der Waals surface area contributed by atoms with E-state index < -0.39 is 5.97 Å². The van der Waals surface area contributed by atoms with Gasteiger partial charge in [0.1, 0.15) is 11.1 Å². The van der Waals surface area contributed by atoms with E-state index >= 15 is 0 Å². The molecule has 0 fully saturated rings. The Morgan fingerprint density at radius 3 is 2.61 bits per heavy atom. The van der Waals surface area contributed by atoms with Gasteiger partial charge < -0.3 is 10.4 Å². The van der Waals surface area contributed by atoms with Crippen molar-refractivity contribution in [3.8, 4) is 6.07 Å².